The molecule has 2 aromatic heterocycles. The van der Waals surface area contributed by atoms with Gasteiger partial charge in [0, 0.05) is 24.8 Å². The van der Waals surface area contributed by atoms with Gasteiger partial charge in [-0.2, -0.15) is 0 Å². The molecule has 2 aliphatic rings. The Morgan fingerprint density at radius 1 is 1.14 bits per heavy atom. The molecule has 0 unspecified atom stereocenters. The molecule has 0 spiro atoms. The first-order valence-corrected chi connectivity index (χ1v) is 12.1. The lowest BCUT2D eigenvalue weighted by atomic mass is 10.1. The van der Waals surface area contributed by atoms with E-state index in [2.05, 4.69) is 25.6 Å². The fraction of sp³-hybridized carbons (Fsp3) is 0.440. The van der Waals surface area contributed by atoms with Gasteiger partial charge >= 0.3 is 0 Å². The van der Waals surface area contributed by atoms with Crippen molar-refractivity contribution in [1.29, 1.82) is 0 Å². The Morgan fingerprint density at radius 2 is 1.92 bits per heavy atom. The minimum absolute atomic E-state index is 0.121. The summed E-state index contributed by atoms with van der Waals surface area (Å²) in [6.45, 7) is 1.34. The van der Waals surface area contributed by atoms with Gasteiger partial charge in [0.05, 0.1) is 49.2 Å². The number of anilines is 1. The van der Waals surface area contributed by atoms with Crippen molar-refractivity contribution in [3.63, 3.8) is 0 Å². The molecule has 2 fully saturated rings. The average molecular weight is 497 g/mol. The zero-order chi connectivity index (χ0) is 24.9. The normalized spacial score (nSPS) is 19.7. The standard InChI is InChI=1S/C25H29FN6O4/c26-18-5-3-16(4-6-18)22-23(19-7-8-28-25(30-19)29-12-15-1-2-15)32-20(31-22)11-21-35-13-17(14-36-21)24(34)27-9-10-33/h3-8,15,17,21,33H,1-2,9-14H2,(H,27,34)(H,31,32)(H,28,29,30). The van der Waals surface area contributed by atoms with Crippen LogP contribution < -0.4 is 10.6 Å². The molecule has 3 heterocycles. The number of aromatic nitrogens is 4. The molecule has 190 valence electrons. The first kappa shape index (κ1) is 24.3. The molecule has 1 aliphatic heterocycles. The van der Waals surface area contributed by atoms with Crippen LogP contribution in [0.25, 0.3) is 22.6 Å². The topological polar surface area (TPSA) is 134 Å². The smallest absolute Gasteiger partial charge is 0.227 e. The third-order valence-corrected chi connectivity index (χ3v) is 6.14. The second-order valence-corrected chi connectivity index (χ2v) is 9.02. The van der Waals surface area contributed by atoms with Crippen molar-refractivity contribution >= 4 is 11.9 Å². The van der Waals surface area contributed by atoms with Gasteiger partial charge in [-0.05, 0) is 49.1 Å². The SMILES string of the molecule is O=C(NCCO)C1COC(Cc2nc(-c3ccc(F)cc3)c(-c3ccnc(NCC4CC4)n3)[nH]2)OC1. The predicted octanol–water partition coefficient (Wildman–Crippen LogP) is 2.13. The van der Waals surface area contributed by atoms with Gasteiger partial charge < -0.3 is 30.2 Å². The fourth-order valence-corrected chi connectivity index (χ4v) is 3.96. The van der Waals surface area contributed by atoms with Crippen LogP contribution in [0, 0.1) is 17.7 Å². The molecule has 1 saturated carbocycles. The lowest BCUT2D eigenvalue weighted by Crippen LogP contribution is -2.43. The van der Waals surface area contributed by atoms with Crippen LogP contribution in [0.5, 0.6) is 0 Å². The highest BCUT2D eigenvalue weighted by Crippen LogP contribution is 2.31. The van der Waals surface area contributed by atoms with Crippen LogP contribution in [0.3, 0.4) is 0 Å². The zero-order valence-corrected chi connectivity index (χ0v) is 19.7. The number of benzene rings is 1. The summed E-state index contributed by atoms with van der Waals surface area (Å²) in [4.78, 5) is 29.2. The summed E-state index contributed by atoms with van der Waals surface area (Å²) in [5.41, 5.74) is 2.72. The Labute approximate surface area is 207 Å². The van der Waals surface area contributed by atoms with E-state index in [9.17, 15) is 9.18 Å². The van der Waals surface area contributed by atoms with Crippen LogP contribution in [0.4, 0.5) is 10.3 Å². The Morgan fingerprint density at radius 3 is 2.64 bits per heavy atom. The lowest BCUT2D eigenvalue weighted by molar-refractivity contribution is -0.200. The summed E-state index contributed by atoms with van der Waals surface area (Å²) in [5.74, 6) is 0.870. The monoisotopic (exact) mass is 496 g/mol. The highest BCUT2D eigenvalue weighted by molar-refractivity contribution is 5.79. The second kappa shape index (κ2) is 11.1. The van der Waals surface area contributed by atoms with Crippen LogP contribution in [-0.2, 0) is 20.7 Å². The molecule has 1 aromatic carbocycles. The van der Waals surface area contributed by atoms with E-state index < -0.39 is 12.2 Å². The van der Waals surface area contributed by atoms with Crippen LogP contribution >= 0.6 is 0 Å². The molecule has 0 bridgehead atoms. The maximum atomic E-state index is 13.6. The third-order valence-electron chi connectivity index (χ3n) is 6.14. The first-order chi connectivity index (χ1) is 17.6. The molecule has 3 aromatic rings. The van der Waals surface area contributed by atoms with Gasteiger partial charge in [0.15, 0.2) is 6.29 Å². The summed E-state index contributed by atoms with van der Waals surface area (Å²) in [6.07, 6.45) is 3.90. The van der Waals surface area contributed by atoms with E-state index in [1.807, 2.05) is 0 Å². The number of amides is 1. The molecule has 0 radical (unpaired) electrons. The molecule has 1 amide bonds. The molecule has 36 heavy (non-hydrogen) atoms. The van der Waals surface area contributed by atoms with Gasteiger partial charge in [-0.15, -0.1) is 0 Å². The van der Waals surface area contributed by atoms with Gasteiger partial charge in [-0.25, -0.2) is 19.3 Å². The molecular formula is C25H29FN6O4. The van der Waals surface area contributed by atoms with E-state index in [0.29, 0.717) is 41.2 Å². The minimum atomic E-state index is -0.576. The Kier molecular flexibility index (Phi) is 7.49. The van der Waals surface area contributed by atoms with E-state index in [0.717, 1.165) is 12.1 Å². The van der Waals surface area contributed by atoms with Crippen molar-refractivity contribution in [2.45, 2.75) is 25.6 Å². The number of imidazole rings is 1. The van der Waals surface area contributed by atoms with Crippen molar-refractivity contribution in [3.8, 4) is 22.6 Å². The van der Waals surface area contributed by atoms with Gasteiger partial charge in [-0.1, -0.05) is 0 Å². The van der Waals surface area contributed by atoms with E-state index in [1.54, 1.807) is 24.4 Å². The van der Waals surface area contributed by atoms with Gasteiger partial charge in [-0.3, -0.25) is 4.79 Å². The maximum Gasteiger partial charge on any atom is 0.227 e. The Balaban J connectivity index is 1.33. The molecule has 10 nitrogen and oxygen atoms in total. The Bertz CT molecular complexity index is 1180. The number of nitrogens with one attached hydrogen (secondary N) is 3. The Hall–Kier alpha value is -3.41. The highest BCUT2D eigenvalue weighted by atomic mass is 19.1. The van der Waals surface area contributed by atoms with E-state index >= 15 is 0 Å². The first-order valence-electron chi connectivity index (χ1n) is 12.1. The number of aliphatic hydroxyl groups is 1. The number of H-pyrrole nitrogens is 1. The van der Waals surface area contributed by atoms with E-state index in [1.165, 1.54) is 25.0 Å². The summed E-state index contributed by atoms with van der Waals surface area (Å²) < 4.78 is 25.1. The van der Waals surface area contributed by atoms with Crippen LogP contribution in [0.2, 0.25) is 0 Å². The third kappa shape index (κ3) is 6.04. The number of carbonyl (C=O) groups is 1. The molecule has 0 atom stereocenters. The van der Waals surface area contributed by atoms with Crippen molar-refractivity contribution in [2.24, 2.45) is 11.8 Å². The zero-order valence-electron chi connectivity index (χ0n) is 19.7. The van der Waals surface area contributed by atoms with Crippen LogP contribution in [-0.4, -0.2) is 70.1 Å². The van der Waals surface area contributed by atoms with Crippen molar-refractivity contribution in [1.82, 2.24) is 25.3 Å². The number of aliphatic hydroxyl groups excluding tert-OH is 1. The molecule has 5 rings (SSSR count). The molecule has 4 N–H and O–H groups in total. The average Bonchev–Trinajstić information content (AvgIpc) is 3.65. The number of rotatable bonds is 10. The number of ether oxygens (including phenoxy) is 2. The van der Waals surface area contributed by atoms with E-state index in [-0.39, 0.29) is 38.1 Å². The molecule has 1 saturated heterocycles. The summed E-state index contributed by atoms with van der Waals surface area (Å²) >= 11 is 0. The summed E-state index contributed by atoms with van der Waals surface area (Å²) in [5, 5.41) is 14.8. The molecule has 11 heteroatoms. The summed E-state index contributed by atoms with van der Waals surface area (Å²) in [7, 11) is 0. The number of nitrogens with zero attached hydrogens (tertiary/aromatic N) is 3. The largest absolute Gasteiger partial charge is 0.395 e. The van der Waals surface area contributed by atoms with Crippen molar-refractivity contribution in [3.05, 3.63) is 48.2 Å². The number of hydrogen-bond donors (Lipinski definition) is 4. The predicted molar refractivity (Wildman–Crippen MR) is 129 cm³/mol. The maximum absolute atomic E-state index is 13.6. The number of hydrogen-bond acceptors (Lipinski definition) is 8. The molecular weight excluding hydrogens is 467 g/mol. The van der Waals surface area contributed by atoms with Crippen molar-refractivity contribution < 1.29 is 23.8 Å². The quantitative estimate of drug-likeness (QED) is 0.335. The highest BCUT2D eigenvalue weighted by Gasteiger charge is 2.29. The van der Waals surface area contributed by atoms with Gasteiger partial charge in [0.1, 0.15) is 11.6 Å². The number of carbonyl (C=O) groups excluding carboxylic acids is 1. The fourth-order valence-electron chi connectivity index (χ4n) is 3.96. The lowest BCUT2D eigenvalue weighted by Gasteiger charge is -2.28. The van der Waals surface area contributed by atoms with Crippen LogP contribution in [0.1, 0.15) is 18.7 Å². The van der Waals surface area contributed by atoms with E-state index in [4.69, 9.17) is 19.6 Å². The second-order valence-electron chi connectivity index (χ2n) is 9.02. The van der Waals surface area contributed by atoms with Gasteiger partial charge in [0.25, 0.3) is 0 Å². The number of halogens is 1. The number of aromatic amines is 1. The van der Waals surface area contributed by atoms with Gasteiger partial charge in [0.2, 0.25) is 11.9 Å². The molecule has 1 aliphatic carbocycles. The minimum Gasteiger partial charge on any atom is -0.395 e. The van der Waals surface area contributed by atoms with Crippen LogP contribution in [0.15, 0.2) is 36.5 Å². The van der Waals surface area contributed by atoms with Crippen molar-refractivity contribution in [2.75, 3.05) is 38.2 Å². The summed E-state index contributed by atoms with van der Waals surface area (Å²) in [6, 6.07) is 7.94.